The van der Waals surface area contributed by atoms with E-state index in [9.17, 15) is 18.0 Å². The van der Waals surface area contributed by atoms with E-state index in [1.54, 1.807) is 0 Å². The molecule has 0 saturated heterocycles. The smallest absolute Gasteiger partial charge is 0.316 e. The molecule has 1 saturated carbocycles. The van der Waals surface area contributed by atoms with E-state index < -0.39 is 29.0 Å². The van der Waals surface area contributed by atoms with Crippen molar-refractivity contribution in [2.45, 2.75) is 18.8 Å². The number of rotatable bonds is 2. The molecule has 0 aliphatic heterocycles. The number of carboxylic acids is 1. The Morgan fingerprint density at radius 3 is 2.47 bits per heavy atom. The van der Waals surface area contributed by atoms with Crippen LogP contribution in [0.3, 0.4) is 0 Å². The molecule has 2 atom stereocenters. The third-order valence-electron chi connectivity index (χ3n) is 3.27. The average molecular weight is 309 g/mol. The number of carbonyl (C=O) groups is 1. The van der Waals surface area contributed by atoms with Gasteiger partial charge < -0.3 is 5.11 Å². The molecule has 2 unspecified atom stereocenters. The zero-order valence-corrected chi connectivity index (χ0v) is 10.3. The van der Waals surface area contributed by atoms with Crippen LogP contribution in [0.1, 0.15) is 18.4 Å². The Morgan fingerprint density at radius 1 is 1.47 bits per heavy atom. The van der Waals surface area contributed by atoms with Crippen LogP contribution in [-0.2, 0) is 4.79 Å². The van der Waals surface area contributed by atoms with E-state index in [-0.39, 0.29) is 10.0 Å². The fourth-order valence-electron chi connectivity index (χ4n) is 2.03. The van der Waals surface area contributed by atoms with Crippen LogP contribution in [0.2, 0.25) is 0 Å². The van der Waals surface area contributed by atoms with Crippen molar-refractivity contribution in [3.8, 4) is 0 Å². The molecule has 2 rings (SSSR count). The second kappa shape index (κ2) is 3.48. The van der Waals surface area contributed by atoms with Gasteiger partial charge in [0, 0.05) is 0 Å². The Labute approximate surface area is 104 Å². The van der Waals surface area contributed by atoms with Crippen molar-refractivity contribution >= 4 is 21.9 Å². The molecule has 0 aromatic heterocycles. The maximum absolute atomic E-state index is 13.5. The summed E-state index contributed by atoms with van der Waals surface area (Å²) in [5.74, 6) is -7.08. The quantitative estimate of drug-likeness (QED) is 0.909. The lowest BCUT2D eigenvalue weighted by Crippen LogP contribution is -2.18. The third kappa shape index (κ3) is 1.50. The van der Waals surface area contributed by atoms with E-state index in [1.807, 2.05) is 0 Å². The standard InChI is InChI=1S/C11H8BrF3O2/c1-10(9(16)17)8(11(10,14)15)5-2-3-6(12)7(13)4-5/h2-4,8H,1H3,(H,16,17). The minimum atomic E-state index is -3.35. The Hall–Kier alpha value is -1.04. The summed E-state index contributed by atoms with van der Waals surface area (Å²) in [4.78, 5) is 10.9. The third-order valence-corrected chi connectivity index (χ3v) is 3.91. The van der Waals surface area contributed by atoms with Crippen molar-refractivity contribution in [1.82, 2.24) is 0 Å². The van der Waals surface area contributed by atoms with Crippen LogP contribution in [-0.4, -0.2) is 17.0 Å². The summed E-state index contributed by atoms with van der Waals surface area (Å²) < 4.78 is 40.4. The molecule has 92 valence electrons. The SMILES string of the molecule is CC1(C(=O)O)C(c2ccc(Br)c(F)c2)C1(F)F. The van der Waals surface area contributed by atoms with E-state index in [0.717, 1.165) is 13.0 Å². The molecule has 1 aromatic rings. The molecule has 17 heavy (non-hydrogen) atoms. The van der Waals surface area contributed by atoms with Crippen LogP contribution in [0.4, 0.5) is 13.2 Å². The van der Waals surface area contributed by atoms with Crippen molar-refractivity contribution in [2.75, 3.05) is 0 Å². The van der Waals surface area contributed by atoms with Crippen molar-refractivity contribution in [2.24, 2.45) is 5.41 Å². The van der Waals surface area contributed by atoms with Crippen molar-refractivity contribution < 1.29 is 23.1 Å². The van der Waals surface area contributed by atoms with Gasteiger partial charge in [0.05, 0.1) is 10.4 Å². The largest absolute Gasteiger partial charge is 0.481 e. The van der Waals surface area contributed by atoms with Crippen LogP contribution in [0, 0.1) is 11.2 Å². The van der Waals surface area contributed by atoms with Crippen LogP contribution in [0.5, 0.6) is 0 Å². The van der Waals surface area contributed by atoms with Crippen molar-refractivity contribution in [3.05, 3.63) is 34.1 Å². The van der Waals surface area contributed by atoms with E-state index in [4.69, 9.17) is 5.11 Å². The summed E-state index contributed by atoms with van der Waals surface area (Å²) in [5.41, 5.74) is -2.15. The van der Waals surface area contributed by atoms with Gasteiger partial charge in [0.15, 0.2) is 0 Å². The Bertz CT molecular complexity index is 503. The number of carboxylic acid groups (broad SMARTS) is 1. The number of alkyl halides is 2. The fourth-order valence-corrected chi connectivity index (χ4v) is 2.28. The minimum Gasteiger partial charge on any atom is -0.481 e. The van der Waals surface area contributed by atoms with Crippen LogP contribution in [0.25, 0.3) is 0 Å². The summed E-state index contributed by atoms with van der Waals surface area (Å²) >= 11 is 2.91. The number of halogens is 4. The van der Waals surface area contributed by atoms with Gasteiger partial charge in [-0.2, -0.15) is 0 Å². The van der Waals surface area contributed by atoms with E-state index >= 15 is 0 Å². The van der Waals surface area contributed by atoms with Crippen LogP contribution >= 0.6 is 15.9 Å². The van der Waals surface area contributed by atoms with E-state index in [1.165, 1.54) is 12.1 Å². The number of hydrogen-bond donors (Lipinski definition) is 1. The molecule has 1 N–H and O–H groups in total. The van der Waals surface area contributed by atoms with Gasteiger partial charge >= 0.3 is 5.97 Å². The maximum atomic E-state index is 13.5. The zero-order chi connectivity index (χ0) is 13.0. The summed E-state index contributed by atoms with van der Waals surface area (Å²) in [6.45, 7) is 0.972. The summed E-state index contributed by atoms with van der Waals surface area (Å²) in [5, 5.41) is 8.82. The fraction of sp³-hybridized carbons (Fsp3) is 0.364. The summed E-state index contributed by atoms with van der Waals surface area (Å²) in [6.07, 6.45) is 0. The molecule has 1 fully saturated rings. The highest BCUT2D eigenvalue weighted by atomic mass is 79.9. The van der Waals surface area contributed by atoms with E-state index in [2.05, 4.69) is 15.9 Å². The van der Waals surface area contributed by atoms with Gasteiger partial charge in [-0.25, -0.2) is 13.2 Å². The molecule has 0 amide bonds. The first-order valence-corrected chi connectivity index (χ1v) is 5.58. The molecule has 1 aliphatic rings. The maximum Gasteiger partial charge on any atom is 0.316 e. The highest BCUT2D eigenvalue weighted by molar-refractivity contribution is 9.10. The predicted octanol–water partition coefficient (Wildman–Crippen LogP) is 3.41. The van der Waals surface area contributed by atoms with Crippen molar-refractivity contribution in [1.29, 1.82) is 0 Å². The Balaban J connectivity index is 2.43. The first-order chi connectivity index (χ1) is 7.73. The first kappa shape index (κ1) is 12.4. The Morgan fingerprint density at radius 2 is 2.06 bits per heavy atom. The van der Waals surface area contributed by atoms with Crippen LogP contribution < -0.4 is 0 Å². The van der Waals surface area contributed by atoms with Crippen LogP contribution in [0.15, 0.2) is 22.7 Å². The molecule has 6 heteroatoms. The highest BCUT2D eigenvalue weighted by Crippen LogP contribution is 2.71. The minimum absolute atomic E-state index is 0.000556. The number of benzene rings is 1. The predicted molar refractivity (Wildman–Crippen MR) is 57.5 cm³/mol. The molecule has 2 nitrogen and oxygen atoms in total. The second-order valence-electron chi connectivity index (χ2n) is 4.24. The average Bonchev–Trinajstić information content (AvgIpc) is 2.68. The summed E-state index contributed by atoms with van der Waals surface area (Å²) in [6, 6.07) is 3.54. The van der Waals surface area contributed by atoms with Gasteiger partial charge in [0.25, 0.3) is 5.92 Å². The zero-order valence-electron chi connectivity index (χ0n) is 8.68. The lowest BCUT2D eigenvalue weighted by Gasteiger charge is -2.03. The van der Waals surface area contributed by atoms with Gasteiger partial charge in [-0.3, -0.25) is 4.79 Å². The van der Waals surface area contributed by atoms with Gasteiger partial charge in [0.1, 0.15) is 11.2 Å². The number of hydrogen-bond acceptors (Lipinski definition) is 1. The molecular formula is C11H8BrF3O2. The Kier molecular flexibility index (Phi) is 2.54. The normalized spacial score (nSPS) is 30.1. The molecule has 1 aliphatic carbocycles. The lowest BCUT2D eigenvalue weighted by molar-refractivity contribution is -0.146. The lowest BCUT2D eigenvalue weighted by atomic mass is 10.0. The molecule has 0 heterocycles. The summed E-state index contributed by atoms with van der Waals surface area (Å²) in [7, 11) is 0. The second-order valence-corrected chi connectivity index (χ2v) is 5.09. The van der Waals surface area contributed by atoms with Gasteiger partial charge in [-0.1, -0.05) is 6.07 Å². The van der Waals surface area contributed by atoms with Gasteiger partial charge in [-0.05, 0) is 40.5 Å². The first-order valence-electron chi connectivity index (χ1n) is 4.79. The van der Waals surface area contributed by atoms with Gasteiger partial charge in [-0.15, -0.1) is 0 Å². The molecular weight excluding hydrogens is 301 g/mol. The monoisotopic (exact) mass is 308 g/mol. The van der Waals surface area contributed by atoms with Crippen molar-refractivity contribution in [3.63, 3.8) is 0 Å². The molecule has 1 aromatic carbocycles. The highest BCUT2D eigenvalue weighted by Gasteiger charge is 2.82. The molecule has 0 radical (unpaired) electrons. The molecule has 0 spiro atoms. The van der Waals surface area contributed by atoms with Gasteiger partial charge in [0.2, 0.25) is 0 Å². The van der Waals surface area contributed by atoms with E-state index in [0.29, 0.717) is 0 Å². The number of aliphatic carboxylic acids is 1. The molecule has 0 bridgehead atoms. The topological polar surface area (TPSA) is 37.3 Å².